The summed E-state index contributed by atoms with van der Waals surface area (Å²) in [6.07, 6.45) is 0.950. The number of para-hydroxylation sites is 2. The standard InChI is InChI=1S/C22H26N4O3/c1-4-16-9-11-17(12-10-16)24-20(27)13-26-19-8-6-5-7-18(19)25-22(26)15(2)23-21(28)14-29-3/h5-12,15H,4,13-14H2,1-3H3,(H,23,28)(H,24,27). The summed E-state index contributed by atoms with van der Waals surface area (Å²) < 4.78 is 6.71. The van der Waals surface area contributed by atoms with Crippen LogP contribution in [0.25, 0.3) is 11.0 Å². The Kier molecular flexibility index (Phi) is 6.61. The van der Waals surface area contributed by atoms with E-state index in [9.17, 15) is 9.59 Å². The maximum absolute atomic E-state index is 12.7. The number of methoxy groups -OCH3 is 1. The Morgan fingerprint density at radius 1 is 1.10 bits per heavy atom. The average molecular weight is 394 g/mol. The summed E-state index contributed by atoms with van der Waals surface area (Å²) in [7, 11) is 1.47. The summed E-state index contributed by atoms with van der Waals surface area (Å²) in [5, 5.41) is 5.78. The van der Waals surface area contributed by atoms with Crippen LogP contribution in [0.1, 0.15) is 31.3 Å². The molecule has 0 radical (unpaired) electrons. The highest BCUT2D eigenvalue weighted by atomic mass is 16.5. The first-order chi connectivity index (χ1) is 14.0. The van der Waals surface area contributed by atoms with Gasteiger partial charge in [0.15, 0.2) is 0 Å². The van der Waals surface area contributed by atoms with Gasteiger partial charge >= 0.3 is 0 Å². The minimum Gasteiger partial charge on any atom is -0.375 e. The third kappa shape index (κ3) is 5.00. The highest BCUT2D eigenvalue weighted by Crippen LogP contribution is 2.21. The van der Waals surface area contributed by atoms with Crippen LogP contribution in [-0.2, 0) is 27.3 Å². The third-order valence-corrected chi connectivity index (χ3v) is 4.67. The Morgan fingerprint density at radius 3 is 2.52 bits per heavy atom. The maximum Gasteiger partial charge on any atom is 0.246 e. The number of anilines is 1. The van der Waals surface area contributed by atoms with E-state index in [4.69, 9.17) is 4.74 Å². The number of fused-ring (bicyclic) bond motifs is 1. The quantitative estimate of drug-likeness (QED) is 0.615. The van der Waals surface area contributed by atoms with E-state index in [1.807, 2.05) is 60.0 Å². The average Bonchev–Trinajstić information content (AvgIpc) is 3.07. The zero-order chi connectivity index (χ0) is 20.8. The number of imidazole rings is 1. The monoisotopic (exact) mass is 394 g/mol. The largest absolute Gasteiger partial charge is 0.375 e. The lowest BCUT2D eigenvalue weighted by Gasteiger charge is -2.16. The lowest BCUT2D eigenvalue weighted by molar-refractivity contribution is -0.125. The molecule has 0 fully saturated rings. The number of carbonyl (C=O) groups is 2. The van der Waals surface area contributed by atoms with Crippen molar-refractivity contribution in [1.82, 2.24) is 14.9 Å². The van der Waals surface area contributed by atoms with Crippen LogP contribution in [0.15, 0.2) is 48.5 Å². The van der Waals surface area contributed by atoms with E-state index in [0.717, 1.165) is 23.1 Å². The lowest BCUT2D eigenvalue weighted by Crippen LogP contribution is -2.32. The molecule has 3 aromatic rings. The molecule has 1 unspecified atom stereocenters. The number of nitrogens with one attached hydrogen (secondary N) is 2. The summed E-state index contributed by atoms with van der Waals surface area (Å²) in [6, 6.07) is 15.0. The Morgan fingerprint density at radius 2 is 1.83 bits per heavy atom. The predicted octanol–water partition coefficient (Wildman–Crippen LogP) is 3.06. The SMILES string of the molecule is CCc1ccc(NC(=O)Cn2c(C(C)NC(=O)COC)nc3ccccc32)cc1. The van der Waals surface area contributed by atoms with Crippen molar-refractivity contribution in [2.24, 2.45) is 0 Å². The van der Waals surface area contributed by atoms with E-state index < -0.39 is 0 Å². The van der Waals surface area contributed by atoms with Gasteiger partial charge in [-0.05, 0) is 43.2 Å². The molecular formula is C22H26N4O3. The van der Waals surface area contributed by atoms with Crippen molar-refractivity contribution in [2.45, 2.75) is 32.9 Å². The lowest BCUT2D eigenvalue weighted by atomic mass is 10.1. The molecule has 152 valence electrons. The van der Waals surface area contributed by atoms with Crippen LogP contribution in [0.2, 0.25) is 0 Å². The van der Waals surface area contributed by atoms with Gasteiger partial charge < -0.3 is 19.9 Å². The molecule has 29 heavy (non-hydrogen) atoms. The number of aromatic nitrogens is 2. The molecule has 0 saturated heterocycles. The van der Waals surface area contributed by atoms with Gasteiger partial charge in [-0.3, -0.25) is 9.59 Å². The van der Waals surface area contributed by atoms with Crippen molar-refractivity contribution < 1.29 is 14.3 Å². The normalized spacial score (nSPS) is 12.0. The number of ether oxygens (including phenoxy) is 1. The first-order valence-electron chi connectivity index (χ1n) is 9.64. The molecule has 0 spiro atoms. The van der Waals surface area contributed by atoms with E-state index in [0.29, 0.717) is 5.82 Å². The molecule has 1 heterocycles. The van der Waals surface area contributed by atoms with Crippen LogP contribution in [0, 0.1) is 0 Å². The molecule has 0 saturated carbocycles. The molecule has 0 bridgehead atoms. The molecule has 2 N–H and O–H groups in total. The van der Waals surface area contributed by atoms with Crippen LogP contribution >= 0.6 is 0 Å². The Hall–Kier alpha value is -3.19. The smallest absolute Gasteiger partial charge is 0.246 e. The van der Waals surface area contributed by atoms with Gasteiger partial charge in [-0.15, -0.1) is 0 Å². The number of hydrogen-bond acceptors (Lipinski definition) is 4. The molecule has 0 aliphatic heterocycles. The van der Waals surface area contributed by atoms with Crippen molar-refractivity contribution in [3.8, 4) is 0 Å². The van der Waals surface area contributed by atoms with Gasteiger partial charge in [0, 0.05) is 12.8 Å². The van der Waals surface area contributed by atoms with E-state index in [1.165, 1.54) is 12.7 Å². The number of aryl methyl sites for hydroxylation is 1. The van der Waals surface area contributed by atoms with E-state index in [1.54, 1.807) is 0 Å². The number of benzene rings is 2. The molecular weight excluding hydrogens is 368 g/mol. The van der Waals surface area contributed by atoms with E-state index >= 15 is 0 Å². The molecule has 7 heteroatoms. The second kappa shape index (κ2) is 9.34. The van der Waals surface area contributed by atoms with Crippen molar-refractivity contribution in [3.63, 3.8) is 0 Å². The van der Waals surface area contributed by atoms with Gasteiger partial charge in [0.1, 0.15) is 19.0 Å². The fraction of sp³-hybridized carbons (Fsp3) is 0.318. The second-order valence-corrected chi connectivity index (χ2v) is 6.87. The topological polar surface area (TPSA) is 85.2 Å². The molecule has 7 nitrogen and oxygen atoms in total. The van der Waals surface area contributed by atoms with Gasteiger partial charge in [0.25, 0.3) is 0 Å². The summed E-state index contributed by atoms with van der Waals surface area (Å²) in [5.74, 6) is 0.222. The highest BCUT2D eigenvalue weighted by Gasteiger charge is 2.20. The first-order valence-corrected chi connectivity index (χ1v) is 9.64. The van der Waals surface area contributed by atoms with Gasteiger partial charge in [0.05, 0.1) is 17.1 Å². The first kappa shape index (κ1) is 20.5. The number of rotatable bonds is 8. The number of nitrogens with zero attached hydrogens (tertiary/aromatic N) is 2. The fourth-order valence-electron chi connectivity index (χ4n) is 3.24. The minimum atomic E-state index is -0.373. The molecule has 3 rings (SSSR count). The molecule has 0 aliphatic carbocycles. The van der Waals surface area contributed by atoms with Crippen LogP contribution in [0.5, 0.6) is 0 Å². The highest BCUT2D eigenvalue weighted by molar-refractivity contribution is 5.91. The number of carbonyl (C=O) groups excluding carboxylic acids is 2. The van der Waals surface area contributed by atoms with E-state index in [2.05, 4.69) is 22.5 Å². The summed E-state index contributed by atoms with van der Waals surface area (Å²) in [6.45, 7) is 3.99. The summed E-state index contributed by atoms with van der Waals surface area (Å²) in [4.78, 5) is 29.3. The Labute approximate surface area is 170 Å². The molecule has 2 amide bonds. The molecule has 1 aromatic heterocycles. The van der Waals surface area contributed by atoms with Gasteiger partial charge in [-0.2, -0.15) is 0 Å². The Bertz CT molecular complexity index is 995. The van der Waals surface area contributed by atoms with Crippen LogP contribution in [0.4, 0.5) is 5.69 Å². The number of amides is 2. The van der Waals surface area contributed by atoms with Crippen molar-refractivity contribution in [1.29, 1.82) is 0 Å². The summed E-state index contributed by atoms with van der Waals surface area (Å²) >= 11 is 0. The van der Waals surface area contributed by atoms with Crippen LogP contribution < -0.4 is 10.6 Å². The predicted molar refractivity (Wildman–Crippen MR) is 113 cm³/mol. The zero-order valence-electron chi connectivity index (χ0n) is 16.9. The molecule has 1 atom stereocenters. The van der Waals surface area contributed by atoms with Crippen molar-refractivity contribution >= 4 is 28.5 Å². The second-order valence-electron chi connectivity index (χ2n) is 6.87. The van der Waals surface area contributed by atoms with Crippen LogP contribution in [-0.4, -0.2) is 35.1 Å². The Balaban J connectivity index is 1.82. The van der Waals surface area contributed by atoms with E-state index in [-0.39, 0.29) is 31.0 Å². The van der Waals surface area contributed by atoms with Crippen molar-refractivity contribution in [3.05, 3.63) is 59.9 Å². The molecule has 2 aromatic carbocycles. The van der Waals surface area contributed by atoms with Gasteiger partial charge in [-0.25, -0.2) is 4.98 Å². The minimum absolute atomic E-state index is 0.0290. The third-order valence-electron chi connectivity index (χ3n) is 4.67. The maximum atomic E-state index is 12.7. The van der Waals surface area contributed by atoms with Crippen LogP contribution in [0.3, 0.4) is 0 Å². The fourth-order valence-corrected chi connectivity index (χ4v) is 3.24. The number of hydrogen-bond donors (Lipinski definition) is 2. The molecule has 0 aliphatic rings. The summed E-state index contributed by atoms with van der Waals surface area (Å²) in [5.41, 5.74) is 3.58. The van der Waals surface area contributed by atoms with Crippen molar-refractivity contribution in [2.75, 3.05) is 19.0 Å². The van der Waals surface area contributed by atoms with Gasteiger partial charge in [0.2, 0.25) is 11.8 Å². The zero-order valence-corrected chi connectivity index (χ0v) is 16.9. The van der Waals surface area contributed by atoms with Gasteiger partial charge in [-0.1, -0.05) is 31.2 Å².